The van der Waals surface area contributed by atoms with E-state index in [0.717, 1.165) is 19.5 Å². The summed E-state index contributed by atoms with van der Waals surface area (Å²) in [6.45, 7) is 5.63. The average Bonchev–Trinajstić information content (AvgIpc) is 2.43. The van der Waals surface area contributed by atoms with Crippen LogP contribution in [0.3, 0.4) is 0 Å². The molecule has 1 saturated heterocycles. The van der Waals surface area contributed by atoms with E-state index in [1.807, 2.05) is 30.9 Å². The van der Waals surface area contributed by atoms with E-state index in [9.17, 15) is 4.79 Å². The van der Waals surface area contributed by atoms with Crippen molar-refractivity contribution in [2.75, 3.05) is 13.1 Å². The summed E-state index contributed by atoms with van der Waals surface area (Å²) < 4.78 is 0. The van der Waals surface area contributed by atoms with Gasteiger partial charge in [-0.2, -0.15) is 0 Å². The number of carboxylic acid groups (broad SMARTS) is 1. The van der Waals surface area contributed by atoms with Crippen molar-refractivity contribution in [2.24, 2.45) is 5.92 Å². The van der Waals surface area contributed by atoms with Crippen molar-refractivity contribution < 1.29 is 9.90 Å². The first-order valence-corrected chi connectivity index (χ1v) is 4.74. The van der Waals surface area contributed by atoms with Gasteiger partial charge in [-0.15, -0.1) is 0 Å². The number of allylic oxidation sites excluding steroid dienone is 1. The van der Waals surface area contributed by atoms with Gasteiger partial charge in [-0.1, -0.05) is 19.1 Å². The van der Waals surface area contributed by atoms with Crippen molar-refractivity contribution in [1.82, 2.24) is 4.90 Å². The van der Waals surface area contributed by atoms with Crippen LogP contribution in [0, 0.1) is 5.92 Å². The van der Waals surface area contributed by atoms with Crippen LogP contribution in [-0.4, -0.2) is 35.1 Å². The monoisotopic (exact) mass is 183 g/mol. The lowest BCUT2D eigenvalue weighted by Crippen LogP contribution is -2.38. The molecule has 74 valence electrons. The maximum absolute atomic E-state index is 10.9. The van der Waals surface area contributed by atoms with Crippen molar-refractivity contribution >= 4 is 5.97 Å². The Morgan fingerprint density at radius 2 is 2.38 bits per heavy atom. The second-order valence-electron chi connectivity index (χ2n) is 3.61. The molecule has 1 aliphatic heterocycles. The van der Waals surface area contributed by atoms with E-state index in [1.54, 1.807) is 0 Å². The largest absolute Gasteiger partial charge is 0.480 e. The van der Waals surface area contributed by atoms with E-state index < -0.39 is 5.97 Å². The summed E-state index contributed by atoms with van der Waals surface area (Å²) in [5, 5.41) is 8.99. The van der Waals surface area contributed by atoms with E-state index in [-0.39, 0.29) is 12.0 Å². The molecule has 2 unspecified atom stereocenters. The van der Waals surface area contributed by atoms with Gasteiger partial charge in [0.15, 0.2) is 0 Å². The van der Waals surface area contributed by atoms with Gasteiger partial charge < -0.3 is 5.11 Å². The average molecular weight is 183 g/mol. The topological polar surface area (TPSA) is 40.5 Å². The molecule has 2 atom stereocenters. The molecular formula is C10H17NO2. The Balaban J connectivity index is 2.58. The molecule has 0 saturated carbocycles. The molecule has 3 nitrogen and oxygen atoms in total. The van der Waals surface area contributed by atoms with Gasteiger partial charge in [0.1, 0.15) is 6.04 Å². The third-order valence-corrected chi connectivity index (χ3v) is 2.63. The predicted molar refractivity (Wildman–Crippen MR) is 51.6 cm³/mol. The molecule has 3 heteroatoms. The van der Waals surface area contributed by atoms with Crippen LogP contribution >= 0.6 is 0 Å². The molecule has 1 N–H and O–H groups in total. The van der Waals surface area contributed by atoms with E-state index in [1.165, 1.54) is 0 Å². The molecule has 0 spiro atoms. The standard InChI is InChI=1S/C10H17NO2/c1-3-4-6-11-7-5-8(2)9(11)10(12)13/h3-4,8-9H,5-7H2,1-2H3,(H,12,13)/b4-3+. The number of rotatable bonds is 3. The molecule has 0 aliphatic carbocycles. The Morgan fingerprint density at radius 1 is 1.69 bits per heavy atom. The van der Waals surface area contributed by atoms with E-state index in [4.69, 9.17) is 5.11 Å². The molecular weight excluding hydrogens is 166 g/mol. The third kappa shape index (κ3) is 2.31. The van der Waals surface area contributed by atoms with Gasteiger partial charge >= 0.3 is 5.97 Å². The molecule has 0 aromatic heterocycles. The number of aliphatic carboxylic acids is 1. The van der Waals surface area contributed by atoms with Gasteiger partial charge in [-0.05, 0) is 25.8 Å². The fraction of sp³-hybridized carbons (Fsp3) is 0.700. The van der Waals surface area contributed by atoms with E-state index in [2.05, 4.69) is 0 Å². The highest BCUT2D eigenvalue weighted by atomic mass is 16.4. The Bertz CT molecular complexity index is 213. The zero-order valence-corrected chi connectivity index (χ0v) is 8.23. The van der Waals surface area contributed by atoms with Crippen LogP contribution in [0.15, 0.2) is 12.2 Å². The molecule has 0 radical (unpaired) electrons. The number of hydrogen-bond acceptors (Lipinski definition) is 2. The number of likely N-dealkylation sites (tertiary alicyclic amines) is 1. The van der Waals surface area contributed by atoms with Gasteiger partial charge in [0.05, 0.1) is 0 Å². The van der Waals surface area contributed by atoms with Gasteiger partial charge in [-0.3, -0.25) is 9.69 Å². The van der Waals surface area contributed by atoms with E-state index in [0.29, 0.717) is 0 Å². The molecule has 1 rings (SSSR count). The first kappa shape index (κ1) is 10.3. The molecule has 1 aliphatic rings. The van der Waals surface area contributed by atoms with Gasteiger partial charge in [0.2, 0.25) is 0 Å². The highest BCUT2D eigenvalue weighted by Gasteiger charge is 2.35. The lowest BCUT2D eigenvalue weighted by Gasteiger charge is -2.21. The fourth-order valence-electron chi connectivity index (χ4n) is 1.87. The SMILES string of the molecule is C/C=C/CN1CCC(C)C1C(=O)O. The summed E-state index contributed by atoms with van der Waals surface area (Å²) in [7, 11) is 0. The zero-order valence-electron chi connectivity index (χ0n) is 8.23. The second kappa shape index (κ2) is 4.42. The summed E-state index contributed by atoms with van der Waals surface area (Å²) in [6, 6.07) is -0.281. The van der Waals surface area contributed by atoms with Crippen molar-refractivity contribution in [2.45, 2.75) is 26.3 Å². The molecule has 0 amide bonds. The van der Waals surface area contributed by atoms with Crippen molar-refractivity contribution in [3.05, 3.63) is 12.2 Å². The third-order valence-electron chi connectivity index (χ3n) is 2.63. The van der Waals surface area contributed by atoms with Crippen LogP contribution in [0.1, 0.15) is 20.3 Å². The first-order chi connectivity index (χ1) is 6.16. The Hall–Kier alpha value is -0.830. The maximum atomic E-state index is 10.9. The fourth-order valence-corrected chi connectivity index (χ4v) is 1.87. The van der Waals surface area contributed by atoms with Crippen LogP contribution in [-0.2, 0) is 4.79 Å². The summed E-state index contributed by atoms with van der Waals surface area (Å²) >= 11 is 0. The van der Waals surface area contributed by atoms with Crippen LogP contribution in [0.25, 0.3) is 0 Å². The summed E-state index contributed by atoms with van der Waals surface area (Å²) in [5.74, 6) is -0.405. The first-order valence-electron chi connectivity index (χ1n) is 4.74. The van der Waals surface area contributed by atoms with Crippen LogP contribution in [0.4, 0.5) is 0 Å². The highest BCUT2D eigenvalue weighted by molar-refractivity contribution is 5.74. The number of carbonyl (C=O) groups is 1. The second-order valence-corrected chi connectivity index (χ2v) is 3.61. The summed E-state index contributed by atoms with van der Waals surface area (Å²) in [6.07, 6.45) is 4.96. The molecule has 0 aromatic rings. The number of hydrogen-bond donors (Lipinski definition) is 1. The summed E-state index contributed by atoms with van der Waals surface area (Å²) in [5.41, 5.74) is 0. The van der Waals surface area contributed by atoms with E-state index >= 15 is 0 Å². The minimum Gasteiger partial charge on any atom is -0.480 e. The Kier molecular flexibility index (Phi) is 3.48. The number of nitrogens with zero attached hydrogens (tertiary/aromatic N) is 1. The highest BCUT2D eigenvalue weighted by Crippen LogP contribution is 2.23. The predicted octanol–water partition coefficient (Wildman–Crippen LogP) is 1.36. The number of carboxylic acids is 1. The Morgan fingerprint density at radius 3 is 2.92 bits per heavy atom. The van der Waals surface area contributed by atoms with Crippen molar-refractivity contribution in [3.8, 4) is 0 Å². The molecule has 1 fully saturated rings. The lowest BCUT2D eigenvalue weighted by atomic mass is 10.0. The van der Waals surface area contributed by atoms with Crippen LogP contribution < -0.4 is 0 Å². The molecule has 13 heavy (non-hydrogen) atoms. The maximum Gasteiger partial charge on any atom is 0.321 e. The Labute approximate surface area is 79.0 Å². The lowest BCUT2D eigenvalue weighted by molar-refractivity contribution is -0.143. The van der Waals surface area contributed by atoms with Gasteiger partial charge in [0, 0.05) is 6.54 Å². The van der Waals surface area contributed by atoms with Crippen molar-refractivity contribution in [3.63, 3.8) is 0 Å². The molecule has 0 aromatic carbocycles. The van der Waals surface area contributed by atoms with Gasteiger partial charge in [0.25, 0.3) is 0 Å². The summed E-state index contributed by atoms with van der Waals surface area (Å²) in [4.78, 5) is 12.9. The quantitative estimate of drug-likeness (QED) is 0.671. The minimum absolute atomic E-state index is 0.280. The zero-order chi connectivity index (χ0) is 9.84. The van der Waals surface area contributed by atoms with Gasteiger partial charge in [-0.25, -0.2) is 0 Å². The van der Waals surface area contributed by atoms with Crippen LogP contribution in [0.2, 0.25) is 0 Å². The van der Waals surface area contributed by atoms with Crippen LogP contribution in [0.5, 0.6) is 0 Å². The normalized spacial score (nSPS) is 30.0. The van der Waals surface area contributed by atoms with Crippen molar-refractivity contribution in [1.29, 1.82) is 0 Å². The molecule has 0 bridgehead atoms. The minimum atomic E-state index is -0.686. The molecule has 1 heterocycles. The smallest absolute Gasteiger partial charge is 0.321 e.